The molecule has 0 aromatic carbocycles. The van der Waals surface area contributed by atoms with E-state index in [-0.39, 0.29) is 12.4 Å². The SMILES string of the molecule is CCCCCn1cccc1C(=O)OCC(=O)CCCCl. The highest BCUT2D eigenvalue weighted by Crippen LogP contribution is 2.08. The molecule has 0 amide bonds. The highest BCUT2D eigenvalue weighted by atomic mass is 35.5. The first kappa shape index (κ1) is 16.8. The molecule has 0 unspecified atom stereocenters. The number of aryl methyl sites for hydroxylation is 1. The smallest absolute Gasteiger partial charge is 0.355 e. The van der Waals surface area contributed by atoms with E-state index in [1.54, 1.807) is 6.07 Å². The molecular weight excluding hydrogens is 278 g/mol. The Labute approximate surface area is 125 Å². The van der Waals surface area contributed by atoms with E-state index in [0.29, 0.717) is 24.4 Å². The van der Waals surface area contributed by atoms with Crippen LogP contribution in [0.1, 0.15) is 49.5 Å². The molecule has 0 aliphatic rings. The van der Waals surface area contributed by atoms with Crippen LogP contribution in [0.4, 0.5) is 0 Å². The minimum atomic E-state index is -0.439. The largest absolute Gasteiger partial charge is 0.453 e. The van der Waals surface area contributed by atoms with E-state index in [1.165, 1.54) is 0 Å². The molecule has 0 bridgehead atoms. The maximum atomic E-state index is 11.9. The Morgan fingerprint density at radius 1 is 1.30 bits per heavy atom. The van der Waals surface area contributed by atoms with Gasteiger partial charge in [-0.2, -0.15) is 0 Å². The van der Waals surface area contributed by atoms with Crippen LogP contribution >= 0.6 is 11.6 Å². The van der Waals surface area contributed by atoms with Crippen LogP contribution in [0, 0.1) is 0 Å². The third kappa shape index (κ3) is 5.78. The summed E-state index contributed by atoms with van der Waals surface area (Å²) < 4.78 is 6.92. The molecule has 0 radical (unpaired) electrons. The van der Waals surface area contributed by atoms with E-state index < -0.39 is 5.97 Å². The van der Waals surface area contributed by atoms with Crippen molar-refractivity contribution in [3.63, 3.8) is 0 Å². The first-order valence-electron chi connectivity index (χ1n) is 7.09. The fourth-order valence-corrected chi connectivity index (χ4v) is 2.02. The fourth-order valence-electron chi connectivity index (χ4n) is 1.88. The number of alkyl halides is 1. The van der Waals surface area contributed by atoms with E-state index >= 15 is 0 Å². The summed E-state index contributed by atoms with van der Waals surface area (Å²) in [7, 11) is 0. The lowest BCUT2D eigenvalue weighted by Gasteiger charge is -2.08. The van der Waals surface area contributed by atoms with Gasteiger partial charge in [-0.15, -0.1) is 11.6 Å². The predicted octanol–water partition coefficient (Wildman–Crippen LogP) is 3.42. The highest BCUT2D eigenvalue weighted by molar-refractivity contribution is 6.17. The van der Waals surface area contributed by atoms with E-state index in [1.807, 2.05) is 16.8 Å². The lowest BCUT2D eigenvalue weighted by molar-refractivity contribution is -0.122. The molecule has 4 nitrogen and oxygen atoms in total. The molecule has 0 saturated carbocycles. The van der Waals surface area contributed by atoms with Gasteiger partial charge in [0.15, 0.2) is 5.78 Å². The number of hydrogen-bond acceptors (Lipinski definition) is 3. The molecule has 1 heterocycles. The molecule has 1 aromatic heterocycles. The lowest BCUT2D eigenvalue weighted by atomic mass is 10.2. The number of halogens is 1. The monoisotopic (exact) mass is 299 g/mol. The second kappa shape index (κ2) is 9.59. The number of ketones is 1. The van der Waals surface area contributed by atoms with Crippen LogP contribution in [-0.2, 0) is 16.1 Å². The molecule has 0 N–H and O–H groups in total. The van der Waals surface area contributed by atoms with Crippen molar-refractivity contribution in [1.29, 1.82) is 0 Å². The molecule has 0 saturated heterocycles. The number of aromatic nitrogens is 1. The first-order valence-corrected chi connectivity index (χ1v) is 7.62. The van der Waals surface area contributed by atoms with Gasteiger partial charge in [0.1, 0.15) is 12.3 Å². The third-order valence-electron chi connectivity index (χ3n) is 2.99. The zero-order valence-electron chi connectivity index (χ0n) is 11.9. The fraction of sp³-hybridized carbons (Fsp3) is 0.600. The van der Waals surface area contributed by atoms with E-state index in [0.717, 1.165) is 25.8 Å². The molecular formula is C15H22ClNO3. The van der Waals surface area contributed by atoms with Crippen LogP contribution in [-0.4, -0.2) is 28.8 Å². The van der Waals surface area contributed by atoms with Gasteiger partial charge in [0.2, 0.25) is 0 Å². The summed E-state index contributed by atoms with van der Waals surface area (Å²) in [5, 5.41) is 0. The Balaban J connectivity index is 2.43. The third-order valence-corrected chi connectivity index (χ3v) is 3.26. The number of hydrogen-bond donors (Lipinski definition) is 0. The lowest BCUT2D eigenvalue weighted by Crippen LogP contribution is -2.17. The van der Waals surface area contributed by atoms with Crippen molar-refractivity contribution in [2.45, 2.75) is 45.6 Å². The standard InChI is InChI=1S/C15H22ClNO3/c1-2-3-4-10-17-11-6-8-14(17)15(19)20-12-13(18)7-5-9-16/h6,8,11H,2-5,7,9-10,12H2,1H3. The molecule has 0 spiro atoms. The summed E-state index contributed by atoms with van der Waals surface area (Å²) in [4.78, 5) is 23.3. The number of nitrogens with zero attached hydrogens (tertiary/aromatic N) is 1. The van der Waals surface area contributed by atoms with Gasteiger partial charge in [0.25, 0.3) is 0 Å². The summed E-state index contributed by atoms with van der Waals surface area (Å²) >= 11 is 5.51. The molecule has 0 fully saturated rings. The van der Waals surface area contributed by atoms with Gasteiger partial charge in [-0.1, -0.05) is 19.8 Å². The zero-order chi connectivity index (χ0) is 14.8. The van der Waals surface area contributed by atoms with E-state index in [9.17, 15) is 9.59 Å². The van der Waals surface area contributed by atoms with Gasteiger partial charge in [-0.05, 0) is 25.0 Å². The second-order valence-electron chi connectivity index (χ2n) is 4.70. The van der Waals surface area contributed by atoms with Crippen molar-refractivity contribution in [1.82, 2.24) is 4.57 Å². The molecule has 0 atom stereocenters. The average Bonchev–Trinajstić information content (AvgIpc) is 2.91. The molecule has 1 rings (SSSR count). The van der Waals surface area contributed by atoms with Gasteiger partial charge in [-0.3, -0.25) is 4.79 Å². The Morgan fingerprint density at radius 3 is 2.80 bits per heavy atom. The normalized spacial score (nSPS) is 10.5. The van der Waals surface area contributed by atoms with Crippen LogP contribution in [0.5, 0.6) is 0 Å². The van der Waals surface area contributed by atoms with Crippen LogP contribution in [0.3, 0.4) is 0 Å². The molecule has 1 aromatic rings. The minimum absolute atomic E-state index is 0.0944. The number of carbonyl (C=O) groups excluding carboxylic acids is 2. The molecule has 0 aliphatic heterocycles. The van der Waals surface area contributed by atoms with Crippen molar-refractivity contribution >= 4 is 23.4 Å². The summed E-state index contributed by atoms with van der Waals surface area (Å²) in [6.07, 6.45) is 6.13. The van der Waals surface area contributed by atoms with Crippen LogP contribution in [0.2, 0.25) is 0 Å². The van der Waals surface area contributed by atoms with Crippen molar-refractivity contribution < 1.29 is 14.3 Å². The minimum Gasteiger partial charge on any atom is -0.453 e. The maximum absolute atomic E-state index is 11.9. The molecule has 0 aliphatic carbocycles. The first-order chi connectivity index (χ1) is 9.69. The second-order valence-corrected chi connectivity index (χ2v) is 5.08. The van der Waals surface area contributed by atoms with Crippen LogP contribution < -0.4 is 0 Å². The van der Waals surface area contributed by atoms with Crippen LogP contribution in [0.25, 0.3) is 0 Å². The molecule has 112 valence electrons. The number of ether oxygens (including phenoxy) is 1. The Bertz CT molecular complexity index is 429. The number of carbonyl (C=O) groups is 2. The summed E-state index contributed by atoms with van der Waals surface area (Å²) in [6, 6.07) is 3.54. The summed E-state index contributed by atoms with van der Waals surface area (Å²) in [6.45, 7) is 2.76. The van der Waals surface area contributed by atoms with Gasteiger partial charge < -0.3 is 9.30 Å². The van der Waals surface area contributed by atoms with E-state index in [2.05, 4.69) is 6.92 Å². The Kier molecular flexibility index (Phi) is 8.04. The van der Waals surface area contributed by atoms with Gasteiger partial charge in [0, 0.05) is 25.0 Å². The highest BCUT2D eigenvalue weighted by Gasteiger charge is 2.13. The van der Waals surface area contributed by atoms with Crippen molar-refractivity contribution in [3.05, 3.63) is 24.0 Å². The van der Waals surface area contributed by atoms with Gasteiger partial charge in [-0.25, -0.2) is 4.79 Å². The quantitative estimate of drug-likeness (QED) is 0.378. The molecule has 5 heteroatoms. The average molecular weight is 300 g/mol. The van der Waals surface area contributed by atoms with Crippen LogP contribution in [0.15, 0.2) is 18.3 Å². The Hall–Kier alpha value is -1.29. The number of unbranched alkanes of at least 4 members (excludes halogenated alkanes) is 2. The summed E-state index contributed by atoms with van der Waals surface area (Å²) in [5.74, 6) is -0.0891. The van der Waals surface area contributed by atoms with Crippen molar-refractivity contribution in [2.75, 3.05) is 12.5 Å². The van der Waals surface area contributed by atoms with Gasteiger partial charge >= 0.3 is 5.97 Å². The van der Waals surface area contributed by atoms with Gasteiger partial charge in [0.05, 0.1) is 0 Å². The van der Waals surface area contributed by atoms with E-state index in [4.69, 9.17) is 16.3 Å². The van der Waals surface area contributed by atoms with Crippen molar-refractivity contribution in [2.24, 2.45) is 0 Å². The topological polar surface area (TPSA) is 48.3 Å². The number of rotatable bonds is 10. The summed E-state index contributed by atoms with van der Waals surface area (Å²) in [5.41, 5.74) is 0.506. The maximum Gasteiger partial charge on any atom is 0.355 e. The number of Topliss-reactive ketones (excluding diaryl/α,β-unsaturated/α-hetero) is 1. The molecule has 20 heavy (non-hydrogen) atoms. The predicted molar refractivity (Wildman–Crippen MR) is 79.2 cm³/mol. The number of esters is 1. The zero-order valence-corrected chi connectivity index (χ0v) is 12.7. The van der Waals surface area contributed by atoms with Crippen molar-refractivity contribution in [3.8, 4) is 0 Å². The Morgan fingerprint density at radius 2 is 2.10 bits per heavy atom.